The molecule has 0 spiro atoms. The molecule has 10 heteroatoms. The standard InChI is InChI=1S/C37H37BrN4O5/c1-7-46-32-16-24(5)29(19-28(32)22(2)3)36-41-31-15-11-9-13-27(31)37(44)42(36)39-20-25-17-26(38)18-33(45-6)35(25)47-21-34(43)40-30-14-10-8-12-23(30)4/h8-20,22H,7,21H2,1-6H3,(H,40,43). The fourth-order valence-electron chi connectivity index (χ4n) is 5.22. The summed E-state index contributed by atoms with van der Waals surface area (Å²) >= 11 is 3.53. The van der Waals surface area contributed by atoms with Crippen LogP contribution in [0, 0.1) is 13.8 Å². The zero-order chi connectivity index (χ0) is 33.7. The van der Waals surface area contributed by atoms with Gasteiger partial charge in [-0.3, -0.25) is 9.59 Å². The van der Waals surface area contributed by atoms with Crippen LogP contribution in [-0.2, 0) is 4.79 Å². The Kier molecular flexibility index (Phi) is 10.4. The smallest absolute Gasteiger partial charge is 0.282 e. The number of halogens is 1. The Hall–Kier alpha value is -4.96. The second-order valence-corrected chi connectivity index (χ2v) is 12.2. The molecule has 0 saturated carbocycles. The fraction of sp³-hybridized carbons (Fsp3) is 0.243. The number of ether oxygens (including phenoxy) is 3. The number of hydrogen-bond donors (Lipinski definition) is 1. The third-order valence-corrected chi connectivity index (χ3v) is 8.08. The number of carbonyl (C=O) groups is 1. The van der Waals surface area contributed by atoms with Gasteiger partial charge in [0, 0.05) is 21.3 Å². The monoisotopic (exact) mass is 696 g/mol. The summed E-state index contributed by atoms with van der Waals surface area (Å²) in [5.74, 6) is 1.69. The molecule has 0 saturated heterocycles. The summed E-state index contributed by atoms with van der Waals surface area (Å²) in [6.07, 6.45) is 1.51. The maximum absolute atomic E-state index is 14.0. The number of carbonyl (C=O) groups excluding carboxylic acids is 1. The van der Waals surface area contributed by atoms with E-state index in [1.165, 1.54) is 18.0 Å². The molecule has 9 nitrogen and oxygen atoms in total. The highest BCUT2D eigenvalue weighted by atomic mass is 79.9. The molecule has 5 aromatic rings. The summed E-state index contributed by atoms with van der Waals surface area (Å²) in [6, 6.07) is 22.2. The van der Waals surface area contributed by atoms with E-state index in [1.54, 1.807) is 24.3 Å². The number of fused-ring (bicyclic) bond motifs is 1. The molecule has 0 fully saturated rings. The molecule has 4 aromatic carbocycles. The highest BCUT2D eigenvalue weighted by Crippen LogP contribution is 2.36. The number of methoxy groups -OCH3 is 1. The first kappa shape index (κ1) is 33.4. The number of nitrogens with one attached hydrogen (secondary N) is 1. The first-order chi connectivity index (χ1) is 22.6. The van der Waals surface area contributed by atoms with Crippen LogP contribution >= 0.6 is 15.9 Å². The highest BCUT2D eigenvalue weighted by molar-refractivity contribution is 9.10. The maximum Gasteiger partial charge on any atom is 0.282 e. The Bertz CT molecular complexity index is 2040. The van der Waals surface area contributed by atoms with Crippen LogP contribution in [0.3, 0.4) is 0 Å². The molecule has 0 aliphatic carbocycles. The second kappa shape index (κ2) is 14.6. The van der Waals surface area contributed by atoms with Crippen molar-refractivity contribution in [3.8, 4) is 28.6 Å². The normalized spacial score (nSPS) is 11.3. The first-order valence-corrected chi connectivity index (χ1v) is 16.1. The van der Waals surface area contributed by atoms with Crippen molar-refractivity contribution < 1.29 is 19.0 Å². The van der Waals surface area contributed by atoms with Gasteiger partial charge in [0.25, 0.3) is 11.5 Å². The molecule has 5 rings (SSSR count). The van der Waals surface area contributed by atoms with Crippen molar-refractivity contribution in [2.75, 3.05) is 25.6 Å². The summed E-state index contributed by atoms with van der Waals surface area (Å²) in [7, 11) is 1.51. The SMILES string of the molecule is CCOc1cc(C)c(-c2nc3ccccc3c(=O)n2N=Cc2cc(Br)cc(OC)c2OCC(=O)Nc2ccccc2C)cc1C(C)C. The third kappa shape index (κ3) is 7.38. The van der Waals surface area contributed by atoms with Gasteiger partial charge in [-0.05, 0) is 85.8 Å². The number of amides is 1. The van der Waals surface area contributed by atoms with E-state index in [0.29, 0.717) is 50.6 Å². The molecular weight excluding hydrogens is 660 g/mol. The van der Waals surface area contributed by atoms with Crippen LogP contribution in [0.25, 0.3) is 22.3 Å². The number of para-hydroxylation sites is 2. The summed E-state index contributed by atoms with van der Waals surface area (Å²) in [5.41, 5.74) is 4.99. The van der Waals surface area contributed by atoms with Crippen molar-refractivity contribution in [1.29, 1.82) is 0 Å². The second-order valence-electron chi connectivity index (χ2n) is 11.3. The highest BCUT2D eigenvalue weighted by Gasteiger charge is 2.20. The molecule has 0 aliphatic rings. The van der Waals surface area contributed by atoms with Gasteiger partial charge >= 0.3 is 0 Å². The Morgan fingerprint density at radius 1 is 1.00 bits per heavy atom. The predicted molar refractivity (Wildman–Crippen MR) is 190 cm³/mol. The molecule has 1 aromatic heterocycles. The first-order valence-electron chi connectivity index (χ1n) is 15.3. The van der Waals surface area contributed by atoms with Crippen LogP contribution in [0.4, 0.5) is 5.69 Å². The lowest BCUT2D eigenvalue weighted by Crippen LogP contribution is -2.22. The lowest BCUT2D eigenvalue weighted by Gasteiger charge is -2.18. The van der Waals surface area contributed by atoms with Crippen LogP contribution in [0.1, 0.15) is 48.9 Å². The zero-order valence-corrected chi connectivity index (χ0v) is 28.8. The average molecular weight is 698 g/mol. The van der Waals surface area contributed by atoms with Crippen LogP contribution in [0.5, 0.6) is 17.2 Å². The number of anilines is 1. The molecule has 1 amide bonds. The molecule has 0 atom stereocenters. The summed E-state index contributed by atoms with van der Waals surface area (Å²) in [5, 5.41) is 7.99. The van der Waals surface area contributed by atoms with Crippen molar-refractivity contribution in [2.24, 2.45) is 5.10 Å². The van der Waals surface area contributed by atoms with Crippen molar-refractivity contribution in [1.82, 2.24) is 9.66 Å². The molecule has 1 heterocycles. The number of hydrogen-bond acceptors (Lipinski definition) is 7. The minimum atomic E-state index is -0.337. The van der Waals surface area contributed by atoms with Crippen LogP contribution in [0.2, 0.25) is 0 Å². The molecule has 0 unspecified atom stereocenters. The lowest BCUT2D eigenvalue weighted by molar-refractivity contribution is -0.118. The molecular formula is C37H37BrN4O5. The molecule has 0 aliphatic heterocycles. The Morgan fingerprint density at radius 2 is 1.74 bits per heavy atom. The van der Waals surface area contributed by atoms with E-state index in [-0.39, 0.29) is 24.0 Å². The quantitative estimate of drug-likeness (QED) is 0.141. The van der Waals surface area contributed by atoms with Gasteiger partial charge in [-0.2, -0.15) is 9.78 Å². The van der Waals surface area contributed by atoms with E-state index in [4.69, 9.17) is 19.2 Å². The third-order valence-electron chi connectivity index (χ3n) is 7.62. The molecule has 0 bridgehead atoms. The van der Waals surface area contributed by atoms with Gasteiger partial charge in [-0.15, -0.1) is 0 Å². The van der Waals surface area contributed by atoms with E-state index in [9.17, 15) is 9.59 Å². The minimum absolute atomic E-state index is 0.164. The van der Waals surface area contributed by atoms with Gasteiger partial charge in [0.2, 0.25) is 0 Å². The van der Waals surface area contributed by atoms with Crippen LogP contribution in [0.15, 0.2) is 87.2 Å². The van der Waals surface area contributed by atoms with Crippen molar-refractivity contribution in [3.05, 3.63) is 110 Å². The lowest BCUT2D eigenvalue weighted by atomic mass is 9.96. The van der Waals surface area contributed by atoms with Gasteiger partial charge in [-0.25, -0.2) is 4.98 Å². The molecule has 47 heavy (non-hydrogen) atoms. The fourth-order valence-corrected chi connectivity index (χ4v) is 5.68. The molecule has 242 valence electrons. The minimum Gasteiger partial charge on any atom is -0.494 e. The number of nitrogens with zero attached hydrogens (tertiary/aromatic N) is 3. The number of rotatable bonds is 11. The van der Waals surface area contributed by atoms with Gasteiger partial charge in [0.15, 0.2) is 23.9 Å². The van der Waals surface area contributed by atoms with Crippen molar-refractivity contribution in [2.45, 2.75) is 40.5 Å². The summed E-state index contributed by atoms with van der Waals surface area (Å²) < 4.78 is 19.6. The van der Waals surface area contributed by atoms with Crippen LogP contribution in [-0.4, -0.2) is 42.1 Å². The van der Waals surface area contributed by atoms with E-state index < -0.39 is 0 Å². The van der Waals surface area contributed by atoms with Crippen LogP contribution < -0.4 is 25.1 Å². The Labute approximate surface area is 282 Å². The number of aromatic nitrogens is 2. The number of benzene rings is 4. The largest absolute Gasteiger partial charge is 0.494 e. The number of aryl methyl sites for hydroxylation is 2. The van der Waals surface area contributed by atoms with Gasteiger partial charge in [0.05, 0.1) is 30.8 Å². The van der Waals surface area contributed by atoms with Crippen molar-refractivity contribution >= 4 is 44.6 Å². The topological polar surface area (TPSA) is 104 Å². The van der Waals surface area contributed by atoms with E-state index in [1.807, 2.05) is 69.3 Å². The zero-order valence-electron chi connectivity index (χ0n) is 27.3. The maximum atomic E-state index is 14.0. The summed E-state index contributed by atoms with van der Waals surface area (Å²) in [6.45, 7) is 10.3. The Morgan fingerprint density at radius 3 is 2.47 bits per heavy atom. The van der Waals surface area contributed by atoms with Crippen molar-refractivity contribution in [3.63, 3.8) is 0 Å². The average Bonchev–Trinajstić information content (AvgIpc) is 3.04. The summed E-state index contributed by atoms with van der Waals surface area (Å²) in [4.78, 5) is 31.8. The van der Waals surface area contributed by atoms with E-state index in [2.05, 4.69) is 40.2 Å². The van der Waals surface area contributed by atoms with E-state index >= 15 is 0 Å². The van der Waals surface area contributed by atoms with Gasteiger partial charge in [-0.1, -0.05) is 60.1 Å². The predicted octanol–water partition coefficient (Wildman–Crippen LogP) is 7.87. The van der Waals surface area contributed by atoms with Gasteiger partial charge in [0.1, 0.15) is 5.75 Å². The van der Waals surface area contributed by atoms with Gasteiger partial charge < -0.3 is 19.5 Å². The van der Waals surface area contributed by atoms with E-state index in [0.717, 1.165) is 28.0 Å². The Balaban J connectivity index is 1.60. The molecule has 1 N–H and O–H groups in total. The molecule has 0 radical (unpaired) electrons.